The van der Waals surface area contributed by atoms with Gasteiger partial charge < -0.3 is 28.2 Å². The third kappa shape index (κ3) is 7.32. The van der Waals surface area contributed by atoms with Gasteiger partial charge in [0.05, 0.1) is 24.1 Å². The number of rotatable bonds is 2. The molecule has 0 radical (unpaired) electrons. The van der Waals surface area contributed by atoms with Crippen molar-refractivity contribution in [1.82, 2.24) is 0 Å². The van der Waals surface area contributed by atoms with Crippen LogP contribution >= 0.6 is 24.1 Å². The minimum Gasteiger partial charge on any atom is -0.542 e. The fraction of sp³-hybridized carbons (Fsp3) is 0. The second-order valence-electron chi connectivity index (χ2n) is 2.65. The quantitative estimate of drug-likeness (QED) is 0.458. The molecule has 2 rings (SSSR count). The summed E-state index contributed by atoms with van der Waals surface area (Å²) >= 11 is 1.92. The largest absolute Gasteiger partial charge is 2.00 e. The molecule has 0 saturated heterocycles. The van der Waals surface area contributed by atoms with Crippen LogP contribution in [0.1, 0.15) is 0 Å². The molecule has 0 unspecified atom stereocenters. The first kappa shape index (κ1) is 18.1. The average Bonchev–Trinajstić information content (AvgIpc) is 2.41. The summed E-state index contributed by atoms with van der Waals surface area (Å²) in [7, 11) is 0. The van der Waals surface area contributed by atoms with Crippen molar-refractivity contribution in [2.75, 3.05) is 0 Å². The third-order valence-corrected chi connectivity index (χ3v) is 2.53. The molecule has 2 heterocycles. The van der Waals surface area contributed by atoms with Crippen LogP contribution in [0.3, 0.4) is 0 Å². The van der Waals surface area contributed by atoms with Gasteiger partial charge in [-0.25, -0.2) is 0 Å². The molecule has 0 bridgehead atoms. The smallest absolute Gasteiger partial charge is 0.542 e. The van der Waals surface area contributed by atoms with Crippen LogP contribution in [0.5, 0.6) is 0 Å². The molecule has 96 valence electrons. The van der Waals surface area contributed by atoms with Crippen LogP contribution in [0.25, 0.3) is 0 Å². The Morgan fingerprint density at radius 1 is 0.895 bits per heavy atom. The number of carbonyl (C=O) groups is 2. The minimum atomic E-state index is -1.29. The van der Waals surface area contributed by atoms with E-state index in [4.69, 9.17) is 0 Å². The van der Waals surface area contributed by atoms with Gasteiger partial charge in [0.25, 0.3) is 0 Å². The molecule has 6 nitrogen and oxygen atoms in total. The van der Waals surface area contributed by atoms with E-state index in [-0.39, 0.29) is 38.8 Å². The Hall–Kier alpha value is -0.878. The molecule has 0 aromatic heterocycles. The Kier molecular flexibility index (Phi) is 9.51. The molecule has 0 fully saturated rings. The fourth-order valence-corrected chi connectivity index (χ4v) is 1.59. The van der Waals surface area contributed by atoms with Crippen LogP contribution in [0.4, 0.5) is 0 Å². The number of hydrogen-bond donors (Lipinski definition) is 0. The summed E-state index contributed by atoms with van der Waals surface area (Å²) < 4.78 is 9.14. The normalized spacial score (nSPS) is 15.4. The summed E-state index contributed by atoms with van der Waals surface area (Å²) in [5.74, 6) is -2.84. The number of allylic oxidation sites excluding steroid dienone is 4. The summed E-state index contributed by atoms with van der Waals surface area (Å²) in [4.78, 5) is 20.0. The maximum absolute atomic E-state index is 10.0. The topological polar surface area (TPSA) is 98.7 Å². The maximum atomic E-state index is 10.0. The first-order valence-electron chi connectivity index (χ1n) is 4.44. The fourth-order valence-electron chi connectivity index (χ4n) is 0.736. The Morgan fingerprint density at radius 2 is 1.26 bits per heavy atom. The molecule has 0 spiro atoms. The average molecular weight is 399 g/mol. The molecule has 0 aliphatic carbocycles. The Morgan fingerprint density at radius 3 is 1.42 bits per heavy atom. The SMILES string of the molecule is O=C([O-])C1=CC=CSO1.O=C([O-])C1=CC=CSO1.[Cd+2]. The van der Waals surface area contributed by atoms with Gasteiger partial charge in [0.15, 0.2) is 11.5 Å². The van der Waals surface area contributed by atoms with Crippen molar-refractivity contribution in [2.45, 2.75) is 0 Å². The molecule has 0 amide bonds. The van der Waals surface area contributed by atoms with Crippen molar-refractivity contribution in [3.63, 3.8) is 0 Å². The van der Waals surface area contributed by atoms with E-state index in [1.165, 1.54) is 12.2 Å². The van der Waals surface area contributed by atoms with E-state index in [1.54, 1.807) is 23.0 Å². The molecular formula is C10H6CdO6S2. The second-order valence-corrected chi connectivity index (χ2v) is 3.92. The monoisotopic (exact) mass is 400 g/mol. The number of aliphatic carboxylic acids is 2. The van der Waals surface area contributed by atoms with Gasteiger partial charge in [-0.2, -0.15) is 0 Å². The first-order chi connectivity index (χ1) is 8.61. The van der Waals surface area contributed by atoms with E-state index >= 15 is 0 Å². The van der Waals surface area contributed by atoms with E-state index in [1.807, 2.05) is 0 Å². The van der Waals surface area contributed by atoms with Crippen molar-refractivity contribution in [3.05, 3.63) is 46.6 Å². The van der Waals surface area contributed by atoms with Crippen molar-refractivity contribution in [3.8, 4) is 0 Å². The zero-order valence-corrected chi connectivity index (χ0v) is 15.1. The van der Waals surface area contributed by atoms with Gasteiger partial charge in [-0.15, -0.1) is 0 Å². The predicted molar refractivity (Wildman–Crippen MR) is 61.8 cm³/mol. The molecule has 2 aliphatic heterocycles. The van der Waals surface area contributed by atoms with Crippen LogP contribution in [0.15, 0.2) is 46.6 Å². The number of carboxylic acids is 2. The van der Waals surface area contributed by atoms with Crippen LogP contribution < -0.4 is 10.2 Å². The number of hydrogen-bond acceptors (Lipinski definition) is 8. The predicted octanol–water partition coefficient (Wildman–Crippen LogP) is -0.378. The van der Waals surface area contributed by atoms with Gasteiger partial charge in [0.2, 0.25) is 0 Å². The molecule has 0 aromatic rings. The summed E-state index contributed by atoms with van der Waals surface area (Å²) in [5.41, 5.74) is 0. The second kappa shape index (κ2) is 9.98. The molecule has 19 heavy (non-hydrogen) atoms. The van der Waals surface area contributed by atoms with Crippen LogP contribution in [-0.2, 0) is 45.3 Å². The van der Waals surface area contributed by atoms with E-state index < -0.39 is 11.9 Å². The van der Waals surface area contributed by atoms with Crippen molar-refractivity contribution in [1.29, 1.82) is 0 Å². The van der Waals surface area contributed by atoms with Gasteiger partial charge in [-0.3, -0.25) is 0 Å². The minimum absolute atomic E-state index is 0. The summed E-state index contributed by atoms with van der Waals surface area (Å²) in [5, 5.41) is 23.3. The van der Waals surface area contributed by atoms with Crippen molar-refractivity contribution >= 4 is 36.0 Å². The maximum Gasteiger partial charge on any atom is 2.00 e. The van der Waals surface area contributed by atoms with E-state index in [2.05, 4.69) is 8.37 Å². The van der Waals surface area contributed by atoms with Gasteiger partial charge >= 0.3 is 27.3 Å². The van der Waals surface area contributed by atoms with Crippen molar-refractivity contribution in [2.24, 2.45) is 0 Å². The van der Waals surface area contributed by atoms with Crippen molar-refractivity contribution < 1.29 is 55.5 Å². The van der Waals surface area contributed by atoms with E-state index in [0.29, 0.717) is 0 Å². The Labute approximate surface area is 137 Å². The zero-order valence-electron chi connectivity index (χ0n) is 9.44. The van der Waals surface area contributed by atoms with Gasteiger partial charge in [0, 0.05) is 10.8 Å². The van der Waals surface area contributed by atoms with Gasteiger partial charge in [-0.05, 0) is 24.3 Å². The van der Waals surface area contributed by atoms with E-state index in [9.17, 15) is 19.8 Å². The molecule has 9 heteroatoms. The molecule has 0 saturated carbocycles. The first-order valence-corrected chi connectivity index (χ1v) is 6.05. The number of carboxylic acid groups (broad SMARTS) is 2. The van der Waals surface area contributed by atoms with Crippen LogP contribution in [0, 0.1) is 0 Å². The summed E-state index contributed by atoms with van der Waals surface area (Å²) in [6, 6.07) is 0. The molecule has 2 aliphatic rings. The number of carbonyl (C=O) groups excluding carboxylic acids is 2. The van der Waals surface area contributed by atoms with Gasteiger partial charge in [-0.1, -0.05) is 0 Å². The van der Waals surface area contributed by atoms with Crippen LogP contribution in [-0.4, -0.2) is 11.9 Å². The van der Waals surface area contributed by atoms with Crippen LogP contribution in [0.2, 0.25) is 0 Å². The molecule has 0 atom stereocenters. The third-order valence-electron chi connectivity index (χ3n) is 1.44. The Balaban J connectivity index is 0.000000324. The summed E-state index contributed by atoms with van der Waals surface area (Å²) in [6.07, 6.45) is 5.84. The summed E-state index contributed by atoms with van der Waals surface area (Å²) in [6.45, 7) is 0. The molecular weight excluding hydrogens is 393 g/mol. The standard InChI is InChI=1S/2C5H4O3S.Cd/c2*6-5(7)4-2-1-3-9-8-4;/h2*1-3H,(H,6,7);/q;;+2/p-2. The molecule has 0 N–H and O–H groups in total. The molecule has 0 aromatic carbocycles. The zero-order chi connectivity index (χ0) is 13.4. The Bertz CT molecular complexity index is 413. The van der Waals surface area contributed by atoms with Gasteiger partial charge in [0.1, 0.15) is 11.9 Å². The van der Waals surface area contributed by atoms with E-state index in [0.717, 1.165) is 24.1 Å².